The van der Waals surface area contributed by atoms with Gasteiger partial charge in [0, 0.05) is 17.8 Å². The van der Waals surface area contributed by atoms with Gasteiger partial charge in [-0.1, -0.05) is 0 Å². The van der Waals surface area contributed by atoms with Gasteiger partial charge in [-0.3, -0.25) is 9.59 Å². The van der Waals surface area contributed by atoms with Crippen LogP contribution in [-0.4, -0.2) is 55.6 Å². The predicted molar refractivity (Wildman–Crippen MR) is 74.6 cm³/mol. The molecule has 1 amide bonds. The molecule has 2 saturated heterocycles. The van der Waals surface area contributed by atoms with Crippen LogP contribution in [0.3, 0.4) is 0 Å². The van der Waals surface area contributed by atoms with Crippen LogP contribution in [0.4, 0.5) is 0 Å². The zero-order valence-corrected chi connectivity index (χ0v) is 12.0. The number of amides is 1. The summed E-state index contributed by atoms with van der Waals surface area (Å²) in [5.41, 5.74) is 1.80. The van der Waals surface area contributed by atoms with Crippen molar-refractivity contribution in [2.75, 3.05) is 0 Å². The van der Waals surface area contributed by atoms with Gasteiger partial charge in [-0.05, 0) is 32.6 Å². The molecule has 1 aromatic rings. The Morgan fingerprint density at radius 2 is 2.05 bits per heavy atom. The van der Waals surface area contributed by atoms with Crippen molar-refractivity contribution in [3.05, 3.63) is 17.7 Å². The molecule has 0 saturated carbocycles. The Bertz CT molecular complexity index is 488. The summed E-state index contributed by atoms with van der Waals surface area (Å²) in [6.07, 6.45) is 5.33. The fourth-order valence-corrected chi connectivity index (χ4v) is 3.36. The van der Waals surface area contributed by atoms with Crippen LogP contribution in [0, 0.1) is 6.92 Å². The maximum Gasteiger partial charge on any atom is 0.290 e. The molecule has 0 aliphatic carbocycles. The summed E-state index contributed by atoms with van der Waals surface area (Å²) in [4.78, 5) is 29.9. The number of fused-ring (bicyclic) bond motifs is 2. The van der Waals surface area contributed by atoms with E-state index in [1.165, 1.54) is 0 Å². The third kappa shape index (κ3) is 3.41. The number of aliphatic hydroxyl groups excluding tert-OH is 1. The van der Waals surface area contributed by atoms with Crippen molar-refractivity contribution in [3.8, 4) is 0 Å². The number of piperidine rings is 1. The normalized spacial score (nSPS) is 27.0. The molecule has 3 N–H and O–H groups in total. The summed E-state index contributed by atoms with van der Waals surface area (Å²) in [6.45, 7) is 1.68. The van der Waals surface area contributed by atoms with E-state index in [9.17, 15) is 9.90 Å². The number of hydrogen-bond acceptors (Lipinski definition) is 4. The number of aryl methyl sites for hydroxylation is 1. The molecule has 3 rings (SSSR count). The van der Waals surface area contributed by atoms with Crippen LogP contribution in [0.15, 0.2) is 6.33 Å². The smallest absolute Gasteiger partial charge is 0.290 e. The van der Waals surface area contributed by atoms with Gasteiger partial charge in [-0.2, -0.15) is 0 Å². The maximum absolute atomic E-state index is 12.4. The molecule has 0 radical (unpaired) electrons. The summed E-state index contributed by atoms with van der Waals surface area (Å²) in [6, 6.07) is 0.482. The number of carbonyl (C=O) groups is 2. The lowest BCUT2D eigenvalue weighted by atomic mass is 9.99. The minimum absolute atomic E-state index is 0.157. The molecular formula is C14H21N3O4. The lowest BCUT2D eigenvalue weighted by molar-refractivity contribution is -0.136. The number of carboxylic acid groups (broad SMARTS) is 1. The zero-order chi connectivity index (χ0) is 15.4. The minimum Gasteiger partial charge on any atom is -0.483 e. The second-order valence-corrected chi connectivity index (χ2v) is 5.57. The van der Waals surface area contributed by atoms with Crippen LogP contribution in [0.25, 0.3) is 0 Å². The van der Waals surface area contributed by atoms with Crippen LogP contribution in [-0.2, 0) is 16.0 Å². The maximum atomic E-state index is 12.4. The minimum atomic E-state index is -0.250. The first kappa shape index (κ1) is 15.5. The van der Waals surface area contributed by atoms with Crippen LogP contribution < -0.4 is 0 Å². The van der Waals surface area contributed by atoms with Crippen molar-refractivity contribution in [1.29, 1.82) is 0 Å². The van der Waals surface area contributed by atoms with Crippen molar-refractivity contribution < 1.29 is 19.8 Å². The van der Waals surface area contributed by atoms with Crippen LogP contribution in [0.5, 0.6) is 0 Å². The summed E-state index contributed by atoms with van der Waals surface area (Å²) >= 11 is 0. The zero-order valence-electron chi connectivity index (χ0n) is 12.0. The number of rotatable bonds is 2. The molecule has 2 bridgehead atoms. The first-order chi connectivity index (χ1) is 10.1. The molecule has 3 heterocycles. The molecule has 3 atom stereocenters. The molecule has 2 aliphatic rings. The highest BCUT2D eigenvalue weighted by Gasteiger charge is 2.42. The fraction of sp³-hybridized carbons (Fsp3) is 0.643. The average molecular weight is 295 g/mol. The van der Waals surface area contributed by atoms with E-state index in [1.54, 1.807) is 6.33 Å². The van der Waals surface area contributed by atoms with Gasteiger partial charge >= 0.3 is 0 Å². The molecule has 2 fully saturated rings. The molecule has 0 aromatic carbocycles. The average Bonchev–Trinajstić information content (AvgIpc) is 2.93. The van der Waals surface area contributed by atoms with Gasteiger partial charge in [0.25, 0.3) is 6.47 Å². The Morgan fingerprint density at radius 1 is 1.48 bits per heavy atom. The van der Waals surface area contributed by atoms with E-state index >= 15 is 0 Å². The quantitative estimate of drug-likeness (QED) is 0.688. The second-order valence-electron chi connectivity index (χ2n) is 5.57. The van der Waals surface area contributed by atoms with E-state index in [1.807, 2.05) is 11.8 Å². The van der Waals surface area contributed by atoms with Crippen molar-refractivity contribution >= 4 is 12.4 Å². The van der Waals surface area contributed by atoms with Crippen LogP contribution in [0.2, 0.25) is 0 Å². The standard InChI is InChI=1S/C13H19N3O2.CH2O2/c1-8-12(15-7-14-8)6-13(18)16-9-2-3-10(16)5-11(17)4-9;2-1-3/h7,9-11,17H,2-6H2,1H3,(H,14,15);1H,(H,2,3)/t9-,10+,11?;. The Kier molecular flexibility index (Phi) is 4.95. The van der Waals surface area contributed by atoms with E-state index in [0.29, 0.717) is 6.42 Å². The highest BCUT2D eigenvalue weighted by Crippen LogP contribution is 2.36. The van der Waals surface area contributed by atoms with Crippen molar-refractivity contribution in [2.45, 2.75) is 57.2 Å². The molecule has 1 unspecified atom stereocenters. The molecule has 21 heavy (non-hydrogen) atoms. The monoisotopic (exact) mass is 295 g/mol. The topological polar surface area (TPSA) is 107 Å². The number of imidazole rings is 1. The first-order valence-electron chi connectivity index (χ1n) is 7.12. The lowest BCUT2D eigenvalue weighted by Crippen LogP contribution is -2.48. The second kappa shape index (κ2) is 6.71. The van der Waals surface area contributed by atoms with Crippen LogP contribution >= 0.6 is 0 Å². The number of carbonyl (C=O) groups excluding carboxylic acids is 1. The van der Waals surface area contributed by atoms with E-state index in [2.05, 4.69) is 9.97 Å². The Balaban J connectivity index is 0.000000497. The Labute approximate surface area is 123 Å². The van der Waals surface area contributed by atoms with Gasteiger partial charge in [0.05, 0.1) is 24.5 Å². The molecule has 0 spiro atoms. The van der Waals surface area contributed by atoms with E-state index in [4.69, 9.17) is 9.90 Å². The highest BCUT2D eigenvalue weighted by atomic mass is 16.3. The number of aliphatic hydroxyl groups is 1. The van der Waals surface area contributed by atoms with E-state index in [0.717, 1.165) is 37.1 Å². The van der Waals surface area contributed by atoms with E-state index < -0.39 is 0 Å². The van der Waals surface area contributed by atoms with Gasteiger partial charge in [-0.15, -0.1) is 0 Å². The summed E-state index contributed by atoms with van der Waals surface area (Å²) in [7, 11) is 0. The third-order valence-corrected chi connectivity index (χ3v) is 4.25. The number of nitrogens with zero attached hydrogens (tertiary/aromatic N) is 2. The highest BCUT2D eigenvalue weighted by molar-refractivity contribution is 5.79. The molecule has 116 valence electrons. The van der Waals surface area contributed by atoms with Gasteiger partial charge in [0.2, 0.25) is 5.91 Å². The van der Waals surface area contributed by atoms with Crippen LogP contribution in [0.1, 0.15) is 37.1 Å². The SMILES string of the molecule is Cc1[nH]cnc1CC(=O)N1[C@@H]2CC[C@H]1CC(O)C2.O=CO. The fourth-order valence-electron chi connectivity index (χ4n) is 3.36. The largest absolute Gasteiger partial charge is 0.483 e. The number of aromatic nitrogens is 2. The first-order valence-corrected chi connectivity index (χ1v) is 7.12. The third-order valence-electron chi connectivity index (χ3n) is 4.25. The van der Waals surface area contributed by atoms with E-state index in [-0.39, 0.29) is 30.6 Å². The van der Waals surface area contributed by atoms with Gasteiger partial charge in [0.1, 0.15) is 0 Å². The summed E-state index contributed by atoms with van der Waals surface area (Å²) in [5.74, 6) is 0.157. The Morgan fingerprint density at radius 3 is 2.52 bits per heavy atom. The number of aromatic amines is 1. The van der Waals surface area contributed by atoms with Crippen molar-refractivity contribution in [2.24, 2.45) is 0 Å². The molecule has 7 nitrogen and oxygen atoms in total. The van der Waals surface area contributed by atoms with Crippen molar-refractivity contribution in [1.82, 2.24) is 14.9 Å². The molecule has 2 aliphatic heterocycles. The summed E-state index contributed by atoms with van der Waals surface area (Å²) in [5, 5.41) is 16.6. The lowest BCUT2D eigenvalue weighted by Gasteiger charge is -2.37. The number of nitrogens with one attached hydrogen (secondary N) is 1. The molecule has 7 heteroatoms. The van der Waals surface area contributed by atoms with Gasteiger partial charge < -0.3 is 20.1 Å². The molecule has 1 aromatic heterocycles. The summed E-state index contributed by atoms with van der Waals surface area (Å²) < 4.78 is 0. The number of H-pyrrole nitrogens is 1. The predicted octanol–water partition coefficient (Wildman–Crippen LogP) is 0.476. The van der Waals surface area contributed by atoms with Gasteiger partial charge in [0.15, 0.2) is 0 Å². The number of hydrogen-bond donors (Lipinski definition) is 3. The Hall–Kier alpha value is -1.89. The van der Waals surface area contributed by atoms with Crippen molar-refractivity contribution in [3.63, 3.8) is 0 Å². The molecular weight excluding hydrogens is 274 g/mol. The van der Waals surface area contributed by atoms with Gasteiger partial charge in [-0.25, -0.2) is 4.98 Å².